The van der Waals surface area contributed by atoms with Gasteiger partial charge in [0.25, 0.3) is 0 Å². The molecule has 0 aromatic heterocycles. The number of nitrogens with one attached hydrogen (secondary N) is 2. The summed E-state index contributed by atoms with van der Waals surface area (Å²) in [6.45, 7) is 0.826. The molecule has 1 aromatic rings. The molecule has 5 nitrogen and oxygen atoms in total. The minimum Gasteiger partial charge on any atom is -0.480 e. The summed E-state index contributed by atoms with van der Waals surface area (Å²) in [4.78, 5) is 21.5. The van der Waals surface area contributed by atoms with Crippen LogP contribution in [0.15, 0.2) is 18.2 Å². The van der Waals surface area contributed by atoms with Crippen molar-refractivity contribution in [2.24, 2.45) is 0 Å². The lowest BCUT2D eigenvalue weighted by molar-refractivity contribution is -0.141. The number of amides is 1. The van der Waals surface area contributed by atoms with Gasteiger partial charge in [-0.15, -0.1) is 0 Å². The molecule has 0 saturated heterocycles. The molecule has 0 aliphatic heterocycles. The molecule has 0 fully saturated rings. The summed E-state index contributed by atoms with van der Waals surface area (Å²) < 4.78 is 26.5. The molecule has 1 atom stereocenters. The number of hydrogen-bond acceptors (Lipinski definition) is 3. The highest BCUT2D eigenvalue weighted by atomic mass is 19.1. The lowest BCUT2D eigenvalue weighted by Crippen LogP contribution is -2.44. The van der Waals surface area contributed by atoms with Crippen molar-refractivity contribution in [1.82, 2.24) is 5.32 Å². The quantitative estimate of drug-likeness (QED) is 0.735. The van der Waals surface area contributed by atoms with Gasteiger partial charge in [0.15, 0.2) is 0 Å². The Morgan fingerprint density at radius 2 is 1.89 bits per heavy atom. The Kier molecular flexibility index (Phi) is 4.59. The van der Waals surface area contributed by atoms with Gasteiger partial charge in [0.2, 0.25) is 5.91 Å². The van der Waals surface area contributed by atoms with E-state index in [0.717, 1.165) is 19.1 Å². The SMILES string of the molecule is CC(=O)NC(CNc1c(F)cccc1F)C(=O)O. The predicted octanol–water partition coefficient (Wildman–Crippen LogP) is 0.966. The Balaban J connectivity index is 2.73. The van der Waals surface area contributed by atoms with Crippen molar-refractivity contribution in [3.63, 3.8) is 0 Å². The fourth-order valence-electron chi connectivity index (χ4n) is 1.32. The maximum Gasteiger partial charge on any atom is 0.328 e. The van der Waals surface area contributed by atoms with Crippen LogP contribution in [0.5, 0.6) is 0 Å². The van der Waals surface area contributed by atoms with Gasteiger partial charge >= 0.3 is 5.97 Å². The number of carbonyl (C=O) groups is 2. The first-order valence-electron chi connectivity index (χ1n) is 5.09. The van der Waals surface area contributed by atoms with Crippen molar-refractivity contribution in [2.75, 3.05) is 11.9 Å². The second-order valence-electron chi connectivity index (χ2n) is 3.57. The smallest absolute Gasteiger partial charge is 0.328 e. The normalized spacial score (nSPS) is 11.7. The zero-order chi connectivity index (χ0) is 13.7. The molecule has 0 radical (unpaired) electrons. The lowest BCUT2D eigenvalue weighted by Gasteiger charge is -2.15. The molecule has 3 N–H and O–H groups in total. The number of anilines is 1. The van der Waals surface area contributed by atoms with Crippen molar-refractivity contribution < 1.29 is 23.5 Å². The maximum atomic E-state index is 13.2. The maximum absolute atomic E-state index is 13.2. The van der Waals surface area contributed by atoms with E-state index in [-0.39, 0.29) is 6.54 Å². The van der Waals surface area contributed by atoms with E-state index in [2.05, 4.69) is 10.6 Å². The summed E-state index contributed by atoms with van der Waals surface area (Å²) in [6, 6.07) is 2.01. The molecule has 7 heteroatoms. The zero-order valence-corrected chi connectivity index (χ0v) is 9.54. The third-order valence-electron chi connectivity index (χ3n) is 2.12. The van der Waals surface area contributed by atoms with E-state index in [9.17, 15) is 18.4 Å². The van der Waals surface area contributed by atoms with Gasteiger partial charge in [-0.2, -0.15) is 0 Å². The first-order valence-corrected chi connectivity index (χ1v) is 5.09. The molecule has 1 unspecified atom stereocenters. The van der Waals surface area contributed by atoms with Crippen molar-refractivity contribution in [3.05, 3.63) is 29.8 Å². The highest BCUT2D eigenvalue weighted by molar-refractivity contribution is 5.82. The van der Waals surface area contributed by atoms with E-state index in [1.807, 2.05) is 0 Å². The molecule has 1 aromatic carbocycles. The monoisotopic (exact) mass is 258 g/mol. The van der Waals surface area contributed by atoms with Crippen LogP contribution in [0.4, 0.5) is 14.5 Å². The Morgan fingerprint density at radius 1 is 1.33 bits per heavy atom. The van der Waals surface area contributed by atoms with Crippen molar-refractivity contribution in [1.29, 1.82) is 0 Å². The lowest BCUT2D eigenvalue weighted by atomic mass is 10.2. The predicted molar refractivity (Wildman–Crippen MR) is 60.1 cm³/mol. The van der Waals surface area contributed by atoms with Crippen LogP contribution in [0, 0.1) is 11.6 Å². The Hall–Kier alpha value is -2.18. The average molecular weight is 258 g/mol. The standard InChI is InChI=1S/C11H12F2N2O3/c1-6(16)15-9(11(17)18)5-14-10-7(12)3-2-4-8(10)13/h2-4,9,14H,5H2,1H3,(H,15,16)(H,17,18). The van der Waals surface area contributed by atoms with Crippen LogP contribution in [-0.2, 0) is 9.59 Å². The summed E-state index contributed by atoms with van der Waals surface area (Å²) in [7, 11) is 0. The fourth-order valence-corrected chi connectivity index (χ4v) is 1.32. The number of hydrogen-bond donors (Lipinski definition) is 3. The molecule has 0 saturated carbocycles. The summed E-state index contributed by atoms with van der Waals surface area (Å²) >= 11 is 0. The molecule has 0 spiro atoms. The summed E-state index contributed by atoms with van der Waals surface area (Å²) in [5.41, 5.74) is -0.422. The minimum atomic E-state index is -1.30. The summed E-state index contributed by atoms with van der Waals surface area (Å²) in [6.07, 6.45) is 0. The van der Waals surface area contributed by atoms with Crippen LogP contribution in [0.1, 0.15) is 6.92 Å². The molecule has 0 aliphatic rings. The van der Waals surface area contributed by atoms with E-state index >= 15 is 0 Å². The van der Waals surface area contributed by atoms with Crippen LogP contribution in [0.3, 0.4) is 0 Å². The Bertz CT molecular complexity index is 445. The van der Waals surface area contributed by atoms with Gasteiger partial charge in [0.05, 0.1) is 0 Å². The van der Waals surface area contributed by atoms with E-state index in [4.69, 9.17) is 5.11 Å². The first kappa shape index (κ1) is 13.9. The van der Waals surface area contributed by atoms with Crippen LogP contribution >= 0.6 is 0 Å². The highest BCUT2D eigenvalue weighted by Gasteiger charge is 2.19. The molecular weight excluding hydrogens is 246 g/mol. The number of halogens is 2. The Morgan fingerprint density at radius 3 is 2.33 bits per heavy atom. The van der Waals surface area contributed by atoms with Crippen LogP contribution in [-0.4, -0.2) is 29.6 Å². The van der Waals surface area contributed by atoms with Gasteiger partial charge in [-0.1, -0.05) is 6.07 Å². The van der Waals surface area contributed by atoms with E-state index in [0.29, 0.717) is 0 Å². The van der Waals surface area contributed by atoms with Gasteiger partial charge in [-0.25, -0.2) is 13.6 Å². The molecule has 0 heterocycles. The fraction of sp³-hybridized carbons (Fsp3) is 0.273. The van der Waals surface area contributed by atoms with Crippen molar-refractivity contribution in [2.45, 2.75) is 13.0 Å². The number of benzene rings is 1. The topological polar surface area (TPSA) is 78.4 Å². The number of aliphatic carboxylic acids is 1. The third-order valence-corrected chi connectivity index (χ3v) is 2.12. The number of rotatable bonds is 5. The average Bonchev–Trinajstić information content (AvgIpc) is 2.26. The number of carboxylic acid groups (broad SMARTS) is 1. The van der Waals surface area contributed by atoms with Gasteiger partial charge in [0.1, 0.15) is 23.4 Å². The van der Waals surface area contributed by atoms with Crippen LogP contribution in [0.2, 0.25) is 0 Å². The summed E-state index contributed by atoms with van der Waals surface area (Å²) in [5.74, 6) is -3.50. The Labute approximate surface area is 102 Å². The van der Waals surface area contributed by atoms with Crippen LogP contribution in [0.25, 0.3) is 0 Å². The molecule has 1 rings (SSSR count). The van der Waals surface area contributed by atoms with Gasteiger partial charge < -0.3 is 15.7 Å². The number of carbonyl (C=O) groups excluding carboxylic acids is 1. The molecule has 0 aliphatic carbocycles. The zero-order valence-electron chi connectivity index (χ0n) is 9.54. The van der Waals surface area contributed by atoms with Gasteiger partial charge in [-0.05, 0) is 12.1 Å². The number of para-hydroxylation sites is 1. The van der Waals surface area contributed by atoms with Gasteiger partial charge in [0, 0.05) is 13.5 Å². The molecule has 18 heavy (non-hydrogen) atoms. The van der Waals surface area contributed by atoms with E-state index in [1.165, 1.54) is 6.07 Å². The first-order chi connectivity index (χ1) is 8.41. The van der Waals surface area contributed by atoms with E-state index in [1.54, 1.807) is 0 Å². The second kappa shape index (κ2) is 5.95. The summed E-state index contributed by atoms with van der Waals surface area (Å²) in [5, 5.41) is 13.3. The number of carboxylic acids is 1. The molecule has 1 amide bonds. The van der Waals surface area contributed by atoms with Crippen molar-refractivity contribution in [3.8, 4) is 0 Å². The van der Waals surface area contributed by atoms with E-state index < -0.39 is 35.2 Å². The molecule has 98 valence electrons. The second-order valence-corrected chi connectivity index (χ2v) is 3.57. The van der Waals surface area contributed by atoms with Gasteiger partial charge in [-0.3, -0.25) is 4.79 Å². The molecule has 0 bridgehead atoms. The minimum absolute atomic E-state index is 0.327. The third kappa shape index (κ3) is 3.69. The van der Waals surface area contributed by atoms with Crippen molar-refractivity contribution >= 4 is 17.6 Å². The highest BCUT2D eigenvalue weighted by Crippen LogP contribution is 2.17. The van der Waals surface area contributed by atoms with Crippen LogP contribution < -0.4 is 10.6 Å². The molecular formula is C11H12F2N2O3. The largest absolute Gasteiger partial charge is 0.480 e.